The van der Waals surface area contributed by atoms with E-state index in [1.807, 2.05) is 74.5 Å². The van der Waals surface area contributed by atoms with E-state index in [4.69, 9.17) is 4.84 Å². The minimum Gasteiger partial charge on any atom is -0.343 e. The molecule has 0 spiro atoms. The fourth-order valence-electron chi connectivity index (χ4n) is 3.97. The number of benzene rings is 2. The molecule has 1 amide bonds. The van der Waals surface area contributed by atoms with E-state index in [-0.39, 0.29) is 30.6 Å². The Morgan fingerprint density at radius 1 is 0.750 bits per heavy atom. The van der Waals surface area contributed by atoms with Gasteiger partial charge in [0.25, 0.3) is 5.91 Å². The van der Waals surface area contributed by atoms with Gasteiger partial charge in [-0.25, -0.2) is 5.06 Å². The number of amides is 1. The summed E-state index contributed by atoms with van der Waals surface area (Å²) in [4.78, 5) is 45.1. The zero-order valence-corrected chi connectivity index (χ0v) is 29.9. The number of aromatic nitrogens is 4. The number of hydroxylamine groups is 2. The van der Waals surface area contributed by atoms with Crippen molar-refractivity contribution in [1.82, 2.24) is 25.0 Å². The fraction of sp³-hybridized carbons (Fsp3) is 0.184. The third-order valence-corrected chi connectivity index (χ3v) is 7.12. The van der Waals surface area contributed by atoms with Crippen molar-refractivity contribution in [2.45, 2.75) is 33.6 Å². The maximum atomic E-state index is 12.4. The number of carbonyl (C=O) groups is 2. The predicted octanol–water partition coefficient (Wildman–Crippen LogP) is 5.81. The van der Waals surface area contributed by atoms with E-state index in [0.717, 1.165) is 43.5 Å². The van der Waals surface area contributed by atoms with Gasteiger partial charge in [0.15, 0.2) is 0 Å². The van der Waals surface area contributed by atoms with Gasteiger partial charge in [-0.15, -0.1) is 0 Å². The van der Waals surface area contributed by atoms with E-state index in [1.54, 1.807) is 50.0 Å². The number of hydrogen-bond acceptors (Lipinski definition) is 7. The first-order valence-corrected chi connectivity index (χ1v) is 15.8. The molecule has 6 rings (SSSR count). The van der Waals surface area contributed by atoms with Gasteiger partial charge < -0.3 is 6.92 Å². The zero-order chi connectivity index (χ0) is 34.2. The van der Waals surface area contributed by atoms with Crippen LogP contribution in [0.2, 0.25) is 0 Å². The summed E-state index contributed by atoms with van der Waals surface area (Å²) in [5.74, 6) is -0.305. The first-order valence-electron chi connectivity index (χ1n) is 15.0. The Bertz CT molecular complexity index is 1920. The topological polar surface area (TPSA) is 98.2 Å². The quantitative estimate of drug-likeness (QED) is 0.0969. The van der Waals surface area contributed by atoms with Crippen LogP contribution in [0.15, 0.2) is 114 Å². The Morgan fingerprint density at radius 2 is 1.27 bits per heavy atom. The molecule has 6 aromatic rings. The molecule has 0 radical (unpaired) electrons. The summed E-state index contributed by atoms with van der Waals surface area (Å²) in [5, 5.41) is 3.27. The molecule has 8 nitrogen and oxygen atoms in total. The molecular weight excluding hydrogens is 661 g/mol. The minimum atomic E-state index is -0.244. The second-order valence-corrected chi connectivity index (χ2v) is 11.3. The summed E-state index contributed by atoms with van der Waals surface area (Å²) in [6.45, 7) is 9.58. The predicted molar refractivity (Wildman–Crippen MR) is 192 cm³/mol. The molecule has 0 atom stereocenters. The number of unbranched alkanes of at least 4 members (excludes halogenated alkanes) is 1. The van der Waals surface area contributed by atoms with Crippen molar-refractivity contribution in [3.8, 4) is 0 Å². The Hall–Kier alpha value is -4.26. The van der Waals surface area contributed by atoms with Gasteiger partial charge in [-0.05, 0) is 97.8 Å². The summed E-state index contributed by atoms with van der Waals surface area (Å²) in [5.41, 5.74) is 5.46. The summed E-state index contributed by atoms with van der Waals surface area (Å²) >= 11 is 3.40. The fourth-order valence-corrected chi connectivity index (χ4v) is 4.35. The van der Waals surface area contributed by atoms with Crippen LogP contribution in [-0.2, 0) is 4.84 Å². The number of aryl methyl sites for hydroxylation is 2. The Labute approximate surface area is 303 Å². The normalized spacial score (nSPS) is 9.81. The number of pyridine rings is 4. The average molecular weight is 701 g/mol. The third-order valence-electron chi connectivity index (χ3n) is 6.63. The van der Waals surface area contributed by atoms with Crippen molar-refractivity contribution in [3.05, 3.63) is 149 Å². The van der Waals surface area contributed by atoms with E-state index in [9.17, 15) is 9.59 Å². The number of ketones is 1. The summed E-state index contributed by atoms with van der Waals surface area (Å²) in [6.07, 6.45) is 9.08. The molecule has 4 aromatic heterocycles. The van der Waals surface area contributed by atoms with Crippen LogP contribution in [-0.4, -0.2) is 50.8 Å². The van der Waals surface area contributed by atoms with Crippen LogP contribution in [0.25, 0.3) is 21.8 Å². The molecule has 0 bridgehead atoms. The molecule has 4 heterocycles. The van der Waals surface area contributed by atoms with Crippen molar-refractivity contribution in [3.63, 3.8) is 0 Å². The molecule has 0 saturated carbocycles. The van der Waals surface area contributed by atoms with Crippen LogP contribution in [0.5, 0.6) is 0 Å². The van der Waals surface area contributed by atoms with Gasteiger partial charge in [0, 0.05) is 52.6 Å². The molecule has 0 aliphatic carbocycles. The minimum absolute atomic E-state index is 0. The molecule has 10 heteroatoms. The van der Waals surface area contributed by atoms with Gasteiger partial charge in [-0.3, -0.25) is 34.4 Å². The zero-order valence-electron chi connectivity index (χ0n) is 28.4. The Morgan fingerprint density at radius 3 is 1.81 bits per heavy atom. The van der Waals surface area contributed by atoms with Gasteiger partial charge in [0.05, 0.1) is 18.1 Å². The molecule has 48 heavy (non-hydrogen) atoms. The third kappa shape index (κ3) is 12.4. The number of halogens is 1. The molecular formula is C38H39BrLiN5O3. The summed E-state index contributed by atoms with van der Waals surface area (Å²) in [7, 11) is 2.99. The van der Waals surface area contributed by atoms with Gasteiger partial charge in [0.2, 0.25) is 5.78 Å². The van der Waals surface area contributed by atoms with E-state index in [0.29, 0.717) is 17.0 Å². The molecule has 2 aromatic carbocycles. The van der Waals surface area contributed by atoms with Crippen molar-refractivity contribution < 1.29 is 33.3 Å². The Balaban J connectivity index is 0.000000243. The van der Waals surface area contributed by atoms with Crippen LogP contribution < -0.4 is 18.9 Å². The standard InChI is InChI=1S/C16H12N2O.C9H6BrN.C9H12N2O2.C4H9.Li/c1-11-6-8-18-15(9-11)16(19)13-4-5-14-12(10-13)3-2-7-17-14;10-8-3-4-9-7(6-8)2-1-5-11-9;1-7-4-5-10-8(6-7)9(12)11(2)13-3;1-3-4-2;/h2-10H,1H3;1-6H;4-6H,1-3H3;1,3-4H2,2H3;/q;;;-1;+1. The molecule has 0 fully saturated rings. The van der Waals surface area contributed by atoms with Gasteiger partial charge in [-0.2, -0.15) is 6.42 Å². The summed E-state index contributed by atoms with van der Waals surface area (Å²) in [6, 6.07) is 26.6. The summed E-state index contributed by atoms with van der Waals surface area (Å²) < 4.78 is 1.10. The SMILES string of the molecule is Brc1ccc2ncccc2c1.CON(C)C(=O)c1cc(C)ccn1.Cc1ccnc(C(=O)c2ccc3ncccc3c2)c1.[CH2-]CCC.[Li+]. The molecule has 0 aliphatic heterocycles. The number of rotatable bonds is 5. The number of nitrogens with zero attached hydrogens (tertiary/aromatic N) is 5. The van der Waals surface area contributed by atoms with Gasteiger partial charge >= 0.3 is 18.9 Å². The molecule has 0 saturated heterocycles. The largest absolute Gasteiger partial charge is 1.00 e. The maximum absolute atomic E-state index is 12.4. The first kappa shape index (κ1) is 39.9. The molecule has 0 aliphatic rings. The maximum Gasteiger partial charge on any atom is 1.00 e. The molecule has 0 unspecified atom stereocenters. The van der Waals surface area contributed by atoms with Gasteiger partial charge in [0.1, 0.15) is 11.4 Å². The second-order valence-electron chi connectivity index (χ2n) is 10.4. The van der Waals surface area contributed by atoms with E-state index in [2.05, 4.69) is 55.8 Å². The monoisotopic (exact) mass is 699 g/mol. The van der Waals surface area contributed by atoms with Crippen LogP contribution in [0.4, 0.5) is 0 Å². The van der Waals surface area contributed by atoms with Crippen molar-refractivity contribution >= 4 is 49.4 Å². The number of hydrogen-bond donors (Lipinski definition) is 0. The first-order chi connectivity index (χ1) is 22.7. The van der Waals surface area contributed by atoms with E-state index < -0.39 is 0 Å². The van der Waals surface area contributed by atoms with Crippen LogP contribution >= 0.6 is 15.9 Å². The van der Waals surface area contributed by atoms with Crippen LogP contribution in [0.1, 0.15) is 57.4 Å². The van der Waals surface area contributed by atoms with E-state index >= 15 is 0 Å². The Kier molecular flexibility index (Phi) is 17.3. The number of fused-ring (bicyclic) bond motifs is 2. The molecule has 0 N–H and O–H groups in total. The van der Waals surface area contributed by atoms with Crippen LogP contribution in [0, 0.1) is 20.8 Å². The second kappa shape index (κ2) is 20.9. The smallest absolute Gasteiger partial charge is 0.343 e. The van der Waals surface area contributed by atoms with Crippen molar-refractivity contribution in [2.75, 3.05) is 14.2 Å². The average Bonchev–Trinajstić information content (AvgIpc) is 3.11. The van der Waals surface area contributed by atoms with Crippen LogP contribution in [0.3, 0.4) is 0 Å². The molecule has 242 valence electrons. The van der Waals surface area contributed by atoms with E-state index in [1.165, 1.54) is 18.9 Å². The number of carbonyl (C=O) groups excluding carboxylic acids is 2. The van der Waals surface area contributed by atoms with Crippen molar-refractivity contribution in [2.24, 2.45) is 0 Å². The van der Waals surface area contributed by atoms with Gasteiger partial charge in [-0.1, -0.05) is 41.4 Å². The van der Waals surface area contributed by atoms with Crippen molar-refractivity contribution in [1.29, 1.82) is 0 Å².